The zero-order valence-electron chi connectivity index (χ0n) is 18.5. The molecule has 0 saturated carbocycles. The van der Waals surface area contributed by atoms with Crippen LogP contribution in [0.15, 0.2) is 18.2 Å². The number of rotatable bonds is 6. The van der Waals surface area contributed by atoms with Crippen LogP contribution in [0, 0.1) is 0 Å². The summed E-state index contributed by atoms with van der Waals surface area (Å²) in [4.78, 5) is 1.32. The molecule has 1 aromatic carbocycles. The SMILES string of the molecule is CC(O)Cn1nnc(C2CC3(C)NC2CCC3OCc2cc(C(F)(F)F)cc(C(F)(F)F)c2)n1. The van der Waals surface area contributed by atoms with E-state index in [0.717, 1.165) is 0 Å². The van der Waals surface area contributed by atoms with E-state index in [9.17, 15) is 31.4 Å². The number of benzene rings is 1. The van der Waals surface area contributed by atoms with Gasteiger partial charge >= 0.3 is 12.4 Å². The van der Waals surface area contributed by atoms with E-state index in [1.807, 2.05) is 6.92 Å². The molecule has 3 heterocycles. The Morgan fingerprint density at radius 3 is 2.38 bits per heavy atom. The Labute approximate surface area is 191 Å². The van der Waals surface area contributed by atoms with E-state index >= 15 is 0 Å². The monoisotopic (exact) mass is 493 g/mol. The van der Waals surface area contributed by atoms with Crippen molar-refractivity contribution in [3.63, 3.8) is 0 Å². The molecule has 13 heteroatoms. The van der Waals surface area contributed by atoms with Gasteiger partial charge in [0.2, 0.25) is 0 Å². The average molecular weight is 493 g/mol. The molecule has 0 radical (unpaired) electrons. The molecule has 0 amide bonds. The molecule has 7 nitrogen and oxygen atoms in total. The fourth-order valence-corrected chi connectivity index (χ4v) is 4.89. The van der Waals surface area contributed by atoms with Gasteiger partial charge in [0.1, 0.15) is 0 Å². The largest absolute Gasteiger partial charge is 0.416 e. The van der Waals surface area contributed by atoms with Crippen LogP contribution in [0.4, 0.5) is 26.3 Å². The van der Waals surface area contributed by atoms with E-state index in [1.54, 1.807) is 6.92 Å². The number of tetrazole rings is 1. The summed E-state index contributed by atoms with van der Waals surface area (Å²) >= 11 is 0. The number of hydrogen-bond donors (Lipinski definition) is 2. The molecule has 5 unspecified atom stereocenters. The third-order valence-electron chi connectivity index (χ3n) is 6.42. The highest BCUT2D eigenvalue weighted by molar-refractivity contribution is 5.33. The van der Waals surface area contributed by atoms with Crippen molar-refractivity contribution in [2.75, 3.05) is 0 Å². The Morgan fingerprint density at radius 2 is 1.79 bits per heavy atom. The van der Waals surface area contributed by atoms with E-state index in [-0.39, 0.29) is 36.7 Å². The maximum atomic E-state index is 13.1. The summed E-state index contributed by atoms with van der Waals surface area (Å²) in [7, 11) is 0. The molecule has 0 aliphatic carbocycles. The van der Waals surface area contributed by atoms with Gasteiger partial charge in [0.15, 0.2) is 5.82 Å². The Bertz CT molecular complexity index is 992. The number of hydrogen-bond acceptors (Lipinski definition) is 6. The number of nitrogens with one attached hydrogen (secondary N) is 1. The Kier molecular flexibility index (Phi) is 6.40. The lowest BCUT2D eigenvalue weighted by Crippen LogP contribution is -2.54. The van der Waals surface area contributed by atoms with Gasteiger partial charge in [-0.3, -0.25) is 0 Å². The van der Waals surface area contributed by atoms with E-state index in [4.69, 9.17) is 4.74 Å². The summed E-state index contributed by atoms with van der Waals surface area (Å²) < 4.78 is 84.7. The standard InChI is InChI=1S/C21H25F6N5O2/c1-11(33)9-32-30-18(29-31-32)15-8-19(2)17(4-3-16(15)28-19)34-10-12-5-13(20(22,23)24)7-14(6-12)21(25,26)27/h5-7,11,15-17,28,33H,3-4,8-10H2,1-2H3. The molecule has 1 aromatic heterocycles. The van der Waals surface area contributed by atoms with Crippen molar-refractivity contribution in [1.82, 2.24) is 25.5 Å². The summed E-state index contributed by atoms with van der Waals surface area (Å²) in [6.45, 7) is 3.35. The van der Waals surface area contributed by atoms with Crippen molar-refractivity contribution < 1.29 is 36.2 Å². The summed E-state index contributed by atoms with van der Waals surface area (Å²) in [6.07, 6.45) is -9.04. The third kappa shape index (κ3) is 5.20. The second-order valence-electron chi connectivity index (χ2n) is 9.32. The van der Waals surface area contributed by atoms with Crippen molar-refractivity contribution in [3.8, 4) is 0 Å². The summed E-state index contributed by atoms with van der Waals surface area (Å²) in [5, 5.41) is 25.4. The van der Waals surface area contributed by atoms with E-state index in [1.165, 1.54) is 4.80 Å². The molecular formula is C21H25F6N5O2. The first-order valence-corrected chi connectivity index (χ1v) is 10.9. The van der Waals surface area contributed by atoms with Gasteiger partial charge in [-0.1, -0.05) is 0 Å². The predicted octanol–water partition coefficient (Wildman–Crippen LogP) is 3.67. The molecule has 188 valence electrons. The van der Waals surface area contributed by atoms with E-state index in [0.29, 0.717) is 37.2 Å². The van der Waals surface area contributed by atoms with Gasteiger partial charge in [-0.25, -0.2) is 0 Å². The number of aromatic nitrogens is 4. The number of halogens is 6. The molecule has 34 heavy (non-hydrogen) atoms. The van der Waals surface area contributed by atoms with Gasteiger partial charge in [0.25, 0.3) is 0 Å². The first-order chi connectivity index (χ1) is 15.7. The zero-order chi connectivity index (χ0) is 24.9. The first-order valence-electron chi connectivity index (χ1n) is 10.9. The number of nitrogens with zero attached hydrogens (tertiary/aromatic N) is 4. The fourth-order valence-electron chi connectivity index (χ4n) is 4.89. The van der Waals surface area contributed by atoms with Gasteiger partial charge in [-0.05, 0) is 62.1 Å². The minimum Gasteiger partial charge on any atom is -0.391 e. The molecule has 5 atom stereocenters. The molecule has 2 bridgehead atoms. The number of aliphatic hydroxyl groups is 1. The molecule has 2 aliphatic heterocycles. The van der Waals surface area contributed by atoms with Gasteiger partial charge < -0.3 is 15.2 Å². The van der Waals surface area contributed by atoms with Gasteiger partial charge in [-0.2, -0.15) is 31.1 Å². The number of alkyl halides is 6. The third-order valence-corrected chi connectivity index (χ3v) is 6.42. The van der Waals surface area contributed by atoms with Crippen LogP contribution in [0.2, 0.25) is 0 Å². The fraction of sp³-hybridized carbons (Fsp3) is 0.667. The first kappa shape index (κ1) is 24.9. The zero-order valence-corrected chi connectivity index (χ0v) is 18.5. The van der Waals surface area contributed by atoms with Crippen LogP contribution in [0.5, 0.6) is 0 Å². The smallest absolute Gasteiger partial charge is 0.391 e. The molecule has 2 N–H and O–H groups in total. The highest BCUT2D eigenvalue weighted by Crippen LogP contribution is 2.45. The normalized spacial score (nSPS) is 28.3. The van der Waals surface area contributed by atoms with Crippen LogP contribution >= 0.6 is 0 Å². The average Bonchev–Trinajstić information content (AvgIpc) is 3.27. The van der Waals surface area contributed by atoms with Crippen molar-refractivity contribution in [2.45, 2.75) is 88.3 Å². The highest BCUT2D eigenvalue weighted by Gasteiger charge is 2.52. The molecule has 0 spiro atoms. The molecule has 2 fully saturated rings. The molecule has 2 aromatic rings. The molecule has 2 aliphatic rings. The van der Waals surface area contributed by atoms with Gasteiger partial charge in [-0.15, -0.1) is 10.2 Å². The molecule has 4 rings (SSSR count). The van der Waals surface area contributed by atoms with Crippen molar-refractivity contribution >= 4 is 0 Å². The van der Waals surface area contributed by atoms with Crippen LogP contribution in [0.25, 0.3) is 0 Å². The molecule has 2 saturated heterocycles. The van der Waals surface area contributed by atoms with Crippen LogP contribution in [-0.2, 0) is 30.2 Å². The summed E-state index contributed by atoms with van der Waals surface area (Å²) in [6, 6.07) is 1.53. The van der Waals surface area contributed by atoms with Crippen molar-refractivity contribution in [1.29, 1.82) is 0 Å². The predicted molar refractivity (Wildman–Crippen MR) is 106 cm³/mol. The maximum absolute atomic E-state index is 13.1. The lowest BCUT2D eigenvalue weighted by atomic mass is 9.88. The number of ether oxygens (including phenoxy) is 1. The van der Waals surface area contributed by atoms with Crippen LogP contribution < -0.4 is 5.32 Å². The summed E-state index contributed by atoms with van der Waals surface area (Å²) in [5.41, 5.74) is -3.47. The maximum Gasteiger partial charge on any atom is 0.416 e. The Balaban J connectivity index is 1.48. The Morgan fingerprint density at radius 1 is 1.15 bits per heavy atom. The van der Waals surface area contributed by atoms with Crippen LogP contribution in [0.1, 0.15) is 61.5 Å². The highest BCUT2D eigenvalue weighted by atomic mass is 19.4. The van der Waals surface area contributed by atoms with Gasteiger partial charge in [0.05, 0.1) is 36.5 Å². The number of aliphatic hydroxyl groups excluding tert-OH is 1. The molecular weight excluding hydrogens is 468 g/mol. The number of fused-ring (bicyclic) bond motifs is 2. The van der Waals surface area contributed by atoms with Crippen LogP contribution in [0.3, 0.4) is 0 Å². The summed E-state index contributed by atoms with van der Waals surface area (Å²) in [5.74, 6) is 0.446. The van der Waals surface area contributed by atoms with Gasteiger partial charge in [0, 0.05) is 17.5 Å². The second-order valence-corrected chi connectivity index (χ2v) is 9.32. The van der Waals surface area contributed by atoms with Crippen molar-refractivity contribution in [2.24, 2.45) is 0 Å². The quantitative estimate of drug-likeness (QED) is 0.598. The minimum absolute atomic E-state index is 0.0411. The minimum atomic E-state index is -4.90. The second kappa shape index (κ2) is 8.76. The Hall–Kier alpha value is -2.25. The van der Waals surface area contributed by atoms with E-state index in [2.05, 4.69) is 20.7 Å². The lowest BCUT2D eigenvalue weighted by Gasteiger charge is -2.39. The van der Waals surface area contributed by atoms with Crippen LogP contribution in [-0.4, -0.2) is 49.1 Å². The number of piperidine rings is 1. The topological polar surface area (TPSA) is 85.1 Å². The van der Waals surface area contributed by atoms with E-state index < -0.39 is 41.2 Å². The van der Waals surface area contributed by atoms with Crippen molar-refractivity contribution in [3.05, 3.63) is 40.7 Å². The lowest BCUT2D eigenvalue weighted by molar-refractivity contribution is -0.143.